The van der Waals surface area contributed by atoms with E-state index in [9.17, 15) is 26.3 Å². The molecule has 0 aliphatic rings. The second-order valence-corrected chi connectivity index (χ2v) is 4.91. The molecule has 0 nitrogen and oxygen atoms in total. The molecule has 0 aliphatic carbocycles. The van der Waals surface area contributed by atoms with E-state index in [0.29, 0.717) is 0 Å². The third-order valence-corrected chi connectivity index (χ3v) is 3.19. The SMILES string of the molecule is FC(F)(F)c1cccc([CH]c2ccc(C(F)(F)F)cc2Cl)c1. The zero-order chi connectivity index (χ0) is 16.5. The van der Waals surface area contributed by atoms with E-state index < -0.39 is 23.5 Å². The van der Waals surface area contributed by atoms with Crippen LogP contribution in [0.3, 0.4) is 0 Å². The van der Waals surface area contributed by atoms with Gasteiger partial charge in [-0.15, -0.1) is 0 Å². The summed E-state index contributed by atoms with van der Waals surface area (Å²) in [6.45, 7) is 0. The molecule has 0 spiro atoms. The van der Waals surface area contributed by atoms with Gasteiger partial charge in [0.15, 0.2) is 0 Å². The normalized spacial score (nSPS) is 12.5. The summed E-state index contributed by atoms with van der Waals surface area (Å²) in [4.78, 5) is 0. The summed E-state index contributed by atoms with van der Waals surface area (Å²) < 4.78 is 75.4. The smallest absolute Gasteiger partial charge is 0.166 e. The molecule has 0 aliphatic heterocycles. The van der Waals surface area contributed by atoms with Crippen molar-refractivity contribution in [3.63, 3.8) is 0 Å². The Hall–Kier alpha value is -1.69. The Kier molecular flexibility index (Phi) is 4.42. The highest BCUT2D eigenvalue weighted by Gasteiger charge is 2.31. The molecule has 0 saturated carbocycles. The molecule has 117 valence electrons. The Morgan fingerprint density at radius 3 is 1.91 bits per heavy atom. The van der Waals surface area contributed by atoms with Crippen molar-refractivity contribution in [2.45, 2.75) is 12.4 Å². The van der Waals surface area contributed by atoms with Gasteiger partial charge in [0, 0.05) is 11.4 Å². The largest absolute Gasteiger partial charge is 0.416 e. The highest BCUT2D eigenvalue weighted by atomic mass is 35.5. The average molecular weight is 338 g/mol. The summed E-state index contributed by atoms with van der Waals surface area (Å²) >= 11 is 5.76. The Morgan fingerprint density at radius 2 is 1.36 bits per heavy atom. The van der Waals surface area contributed by atoms with Crippen LogP contribution in [0.2, 0.25) is 5.02 Å². The van der Waals surface area contributed by atoms with Gasteiger partial charge in [-0.2, -0.15) is 26.3 Å². The Balaban J connectivity index is 2.28. The third kappa shape index (κ3) is 3.94. The molecule has 0 N–H and O–H groups in total. The van der Waals surface area contributed by atoms with Crippen molar-refractivity contribution in [1.82, 2.24) is 0 Å². The van der Waals surface area contributed by atoms with Gasteiger partial charge in [0.2, 0.25) is 0 Å². The maximum absolute atomic E-state index is 12.6. The Labute approximate surface area is 127 Å². The van der Waals surface area contributed by atoms with E-state index in [1.807, 2.05) is 0 Å². The highest BCUT2D eigenvalue weighted by molar-refractivity contribution is 6.31. The van der Waals surface area contributed by atoms with Crippen molar-refractivity contribution in [2.24, 2.45) is 0 Å². The predicted molar refractivity (Wildman–Crippen MR) is 70.4 cm³/mol. The topological polar surface area (TPSA) is 0 Å². The van der Waals surface area contributed by atoms with E-state index in [0.717, 1.165) is 30.3 Å². The zero-order valence-electron chi connectivity index (χ0n) is 10.8. The molecule has 1 radical (unpaired) electrons. The lowest BCUT2D eigenvalue weighted by Gasteiger charge is -2.11. The predicted octanol–water partition coefficient (Wildman–Crippen LogP) is 5.98. The van der Waals surface area contributed by atoms with E-state index in [4.69, 9.17) is 11.6 Å². The highest BCUT2D eigenvalue weighted by Crippen LogP contribution is 2.34. The van der Waals surface area contributed by atoms with Crippen LogP contribution >= 0.6 is 11.6 Å². The molecule has 0 heterocycles. The van der Waals surface area contributed by atoms with E-state index >= 15 is 0 Å². The van der Waals surface area contributed by atoms with Crippen molar-refractivity contribution < 1.29 is 26.3 Å². The third-order valence-electron chi connectivity index (χ3n) is 2.86. The first kappa shape index (κ1) is 16.7. The second kappa shape index (κ2) is 5.83. The Bertz CT molecular complexity index is 672. The van der Waals surface area contributed by atoms with Gasteiger partial charge >= 0.3 is 12.4 Å². The molecule has 0 bridgehead atoms. The number of benzene rings is 2. The minimum atomic E-state index is -4.53. The van der Waals surface area contributed by atoms with Crippen molar-refractivity contribution in [3.05, 3.63) is 76.2 Å². The first-order chi connectivity index (χ1) is 10.1. The summed E-state index contributed by atoms with van der Waals surface area (Å²) in [6, 6.07) is 7.10. The summed E-state index contributed by atoms with van der Waals surface area (Å²) in [7, 11) is 0. The van der Waals surface area contributed by atoms with Crippen LogP contribution in [0.15, 0.2) is 42.5 Å². The first-order valence-corrected chi connectivity index (χ1v) is 6.34. The van der Waals surface area contributed by atoms with Crippen LogP contribution in [0, 0.1) is 6.42 Å². The summed E-state index contributed by atoms with van der Waals surface area (Å²) in [5, 5.41) is -0.188. The lowest BCUT2D eigenvalue weighted by Crippen LogP contribution is -2.06. The van der Waals surface area contributed by atoms with Gasteiger partial charge < -0.3 is 0 Å². The number of hydrogen-bond acceptors (Lipinski definition) is 0. The summed E-state index contributed by atoms with van der Waals surface area (Å²) in [5.74, 6) is 0. The van der Waals surface area contributed by atoms with E-state index in [-0.39, 0.29) is 16.1 Å². The fraction of sp³-hybridized carbons (Fsp3) is 0.133. The van der Waals surface area contributed by atoms with Crippen LogP contribution in [0.4, 0.5) is 26.3 Å². The first-order valence-electron chi connectivity index (χ1n) is 5.96. The van der Waals surface area contributed by atoms with Crippen LogP contribution in [0.5, 0.6) is 0 Å². The van der Waals surface area contributed by atoms with Crippen LogP contribution in [0.25, 0.3) is 0 Å². The molecule has 2 aromatic carbocycles. The van der Waals surface area contributed by atoms with E-state index in [2.05, 4.69) is 0 Å². The van der Waals surface area contributed by atoms with Gasteiger partial charge in [-0.25, -0.2) is 0 Å². The van der Waals surface area contributed by atoms with Crippen LogP contribution in [0.1, 0.15) is 22.3 Å². The average Bonchev–Trinajstić information content (AvgIpc) is 2.39. The second-order valence-electron chi connectivity index (χ2n) is 4.50. The minimum absolute atomic E-state index is 0.188. The number of halogens is 7. The monoisotopic (exact) mass is 337 g/mol. The van der Waals surface area contributed by atoms with Crippen LogP contribution < -0.4 is 0 Å². The fourth-order valence-corrected chi connectivity index (χ4v) is 2.04. The van der Waals surface area contributed by atoms with Gasteiger partial charge in [-0.3, -0.25) is 0 Å². The summed E-state index contributed by atoms with van der Waals surface area (Å²) in [5.41, 5.74) is -1.37. The molecule has 0 aromatic heterocycles. The fourth-order valence-electron chi connectivity index (χ4n) is 1.80. The maximum atomic E-state index is 12.6. The zero-order valence-corrected chi connectivity index (χ0v) is 11.5. The molecule has 2 rings (SSSR count). The maximum Gasteiger partial charge on any atom is 0.416 e. The lowest BCUT2D eigenvalue weighted by molar-refractivity contribution is -0.138. The molecular weight excluding hydrogens is 330 g/mol. The lowest BCUT2D eigenvalue weighted by atomic mass is 10.0. The van der Waals surface area contributed by atoms with Crippen LogP contribution in [-0.4, -0.2) is 0 Å². The molecular formula is C15H8ClF6. The molecule has 22 heavy (non-hydrogen) atoms. The molecule has 0 amide bonds. The quantitative estimate of drug-likeness (QED) is 0.591. The van der Waals surface area contributed by atoms with Crippen LogP contribution in [-0.2, 0) is 12.4 Å². The molecule has 0 atom stereocenters. The van der Waals surface area contributed by atoms with Crippen molar-refractivity contribution in [2.75, 3.05) is 0 Å². The van der Waals surface area contributed by atoms with Gasteiger partial charge in [-0.1, -0.05) is 35.9 Å². The number of rotatable bonds is 2. The standard InChI is InChI=1S/C15H8ClF6/c16-13-8-12(15(20,21)22)5-4-10(13)6-9-2-1-3-11(7-9)14(17,18)19/h1-8H. The van der Waals surface area contributed by atoms with Gasteiger partial charge in [-0.05, 0) is 29.3 Å². The van der Waals surface area contributed by atoms with Gasteiger partial charge in [0.1, 0.15) is 0 Å². The molecule has 0 fully saturated rings. The molecule has 2 aromatic rings. The van der Waals surface area contributed by atoms with Crippen molar-refractivity contribution >= 4 is 11.6 Å². The number of hydrogen-bond donors (Lipinski definition) is 0. The van der Waals surface area contributed by atoms with Gasteiger partial charge in [0.25, 0.3) is 0 Å². The van der Waals surface area contributed by atoms with Crippen molar-refractivity contribution in [3.8, 4) is 0 Å². The van der Waals surface area contributed by atoms with E-state index in [1.165, 1.54) is 18.6 Å². The minimum Gasteiger partial charge on any atom is -0.166 e. The molecule has 7 heteroatoms. The van der Waals surface area contributed by atoms with E-state index in [1.54, 1.807) is 0 Å². The van der Waals surface area contributed by atoms with Crippen molar-refractivity contribution in [1.29, 1.82) is 0 Å². The molecule has 0 unspecified atom stereocenters. The summed E-state index contributed by atoms with van der Waals surface area (Å²) in [6.07, 6.45) is -7.73. The molecule has 0 saturated heterocycles. The number of alkyl halides is 6. The van der Waals surface area contributed by atoms with Gasteiger partial charge in [0.05, 0.1) is 11.1 Å². The Morgan fingerprint density at radius 1 is 0.773 bits per heavy atom.